The molecule has 1 aromatic carbocycles. The van der Waals surface area contributed by atoms with E-state index in [0.29, 0.717) is 25.1 Å². The third-order valence-corrected chi connectivity index (χ3v) is 5.47. The van der Waals surface area contributed by atoms with Gasteiger partial charge in [0.1, 0.15) is 5.75 Å². The Morgan fingerprint density at radius 2 is 2.09 bits per heavy atom. The van der Waals surface area contributed by atoms with Crippen molar-refractivity contribution < 1.29 is 19.1 Å². The highest BCUT2D eigenvalue weighted by Crippen LogP contribution is 2.40. The van der Waals surface area contributed by atoms with Gasteiger partial charge < -0.3 is 14.4 Å². The number of fused-ring (bicyclic) bond motifs is 1. The molecule has 0 bridgehead atoms. The summed E-state index contributed by atoms with van der Waals surface area (Å²) in [5.74, 6) is -0.245. The predicted molar refractivity (Wildman–Crippen MR) is 90.7 cm³/mol. The Labute approximate surface area is 146 Å². The lowest BCUT2D eigenvalue weighted by Crippen LogP contribution is -2.50. The smallest absolute Gasteiger partial charge is 0.332 e. The summed E-state index contributed by atoms with van der Waals surface area (Å²) in [5.41, 5.74) is 1.74. The summed E-state index contributed by atoms with van der Waals surface area (Å²) >= 11 is 6.78. The second kappa shape index (κ2) is 6.58. The number of esters is 1. The van der Waals surface area contributed by atoms with E-state index in [2.05, 4.69) is 31.9 Å². The van der Waals surface area contributed by atoms with Gasteiger partial charge in [0.25, 0.3) is 5.91 Å². The van der Waals surface area contributed by atoms with Crippen molar-refractivity contribution in [2.75, 3.05) is 25.7 Å². The van der Waals surface area contributed by atoms with Crippen LogP contribution in [0.4, 0.5) is 5.69 Å². The molecule has 1 aliphatic heterocycles. The maximum atomic E-state index is 12.9. The first-order chi connectivity index (χ1) is 10.4. The summed E-state index contributed by atoms with van der Waals surface area (Å²) < 4.78 is 9.59. The van der Waals surface area contributed by atoms with Crippen LogP contribution in [0.1, 0.15) is 18.9 Å². The van der Waals surface area contributed by atoms with Crippen molar-refractivity contribution >= 4 is 49.4 Å². The summed E-state index contributed by atoms with van der Waals surface area (Å²) in [6, 6.07) is 3.75. The van der Waals surface area contributed by atoms with E-state index in [4.69, 9.17) is 9.47 Å². The van der Waals surface area contributed by atoms with Crippen molar-refractivity contribution in [2.45, 2.75) is 24.1 Å². The molecule has 7 heteroatoms. The van der Waals surface area contributed by atoms with E-state index >= 15 is 0 Å². The summed E-state index contributed by atoms with van der Waals surface area (Å²) in [4.78, 5) is 26.6. The van der Waals surface area contributed by atoms with Crippen molar-refractivity contribution in [1.29, 1.82) is 0 Å². The molecular formula is C15H17Br2NO4. The molecule has 22 heavy (non-hydrogen) atoms. The quantitative estimate of drug-likeness (QED) is 0.416. The van der Waals surface area contributed by atoms with Gasteiger partial charge in [0, 0.05) is 12.6 Å². The van der Waals surface area contributed by atoms with E-state index < -0.39 is 10.3 Å². The highest BCUT2D eigenvalue weighted by Gasteiger charge is 2.49. The molecule has 0 radical (unpaired) electrons. The van der Waals surface area contributed by atoms with Crippen LogP contribution in [-0.4, -0.2) is 37.0 Å². The average molecular weight is 435 g/mol. The van der Waals surface area contributed by atoms with Crippen LogP contribution in [-0.2, 0) is 20.7 Å². The molecule has 0 spiro atoms. The topological polar surface area (TPSA) is 55.8 Å². The molecule has 1 aliphatic rings. The molecule has 2 rings (SSSR count). The molecule has 0 aromatic heterocycles. The van der Waals surface area contributed by atoms with Gasteiger partial charge in [0.2, 0.25) is 4.32 Å². The number of ether oxygens (including phenoxy) is 2. The summed E-state index contributed by atoms with van der Waals surface area (Å²) in [6.45, 7) is 2.31. The fourth-order valence-electron chi connectivity index (χ4n) is 2.59. The van der Waals surface area contributed by atoms with E-state index in [9.17, 15) is 9.59 Å². The minimum absolute atomic E-state index is 0.315. The zero-order valence-corrected chi connectivity index (χ0v) is 15.8. The number of benzene rings is 1. The van der Waals surface area contributed by atoms with Gasteiger partial charge in [-0.2, -0.15) is 0 Å². The van der Waals surface area contributed by atoms with Crippen LogP contribution in [0.3, 0.4) is 0 Å². The van der Waals surface area contributed by atoms with Gasteiger partial charge in [-0.15, -0.1) is 0 Å². The van der Waals surface area contributed by atoms with Crippen molar-refractivity contribution in [1.82, 2.24) is 0 Å². The molecule has 1 amide bonds. The second-order valence-electron chi connectivity index (χ2n) is 4.96. The average Bonchev–Trinajstić information content (AvgIpc) is 2.62. The Hall–Kier alpha value is -1.08. The van der Waals surface area contributed by atoms with Gasteiger partial charge in [0.05, 0.1) is 24.4 Å². The molecule has 1 heterocycles. The van der Waals surface area contributed by atoms with Crippen LogP contribution in [0, 0.1) is 0 Å². The van der Waals surface area contributed by atoms with Crippen LogP contribution >= 0.6 is 31.9 Å². The van der Waals surface area contributed by atoms with E-state index in [1.165, 1.54) is 7.11 Å². The monoisotopic (exact) mass is 433 g/mol. The lowest BCUT2D eigenvalue weighted by molar-refractivity contribution is -0.146. The highest BCUT2D eigenvalue weighted by atomic mass is 79.9. The van der Waals surface area contributed by atoms with Gasteiger partial charge in [-0.05, 0) is 47.3 Å². The number of nitrogens with zero attached hydrogens (tertiary/aromatic N) is 1. The first-order valence-corrected chi connectivity index (χ1v) is 8.43. The number of aryl methyl sites for hydroxylation is 1. The Morgan fingerprint density at radius 3 is 2.64 bits per heavy atom. The van der Waals surface area contributed by atoms with Crippen LogP contribution in [0.25, 0.3) is 0 Å². The lowest BCUT2D eigenvalue weighted by atomic mass is 10.0. The normalized spacial score (nSPS) is 21.1. The maximum absolute atomic E-state index is 12.9. The van der Waals surface area contributed by atoms with E-state index in [-0.39, 0.29) is 5.91 Å². The third-order valence-electron chi connectivity index (χ3n) is 3.79. The molecule has 1 atom stereocenters. The minimum Gasteiger partial charge on any atom is -0.495 e. The molecule has 0 aliphatic carbocycles. The van der Waals surface area contributed by atoms with Gasteiger partial charge >= 0.3 is 5.97 Å². The number of carbonyl (C=O) groups excluding carboxylic acids is 2. The third kappa shape index (κ3) is 2.76. The van der Waals surface area contributed by atoms with Gasteiger partial charge in [-0.3, -0.25) is 4.79 Å². The predicted octanol–water partition coefficient (Wildman–Crippen LogP) is 3.06. The Bertz CT molecular complexity index is 620. The van der Waals surface area contributed by atoms with Crippen molar-refractivity contribution in [3.05, 3.63) is 22.2 Å². The Kier molecular flexibility index (Phi) is 5.17. The first kappa shape index (κ1) is 17.3. The number of alkyl halides is 1. The van der Waals surface area contributed by atoms with Crippen LogP contribution < -0.4 is 9.64 Å². The molecule has 0 saturated carbocycles. The molecule has 1 aromatic rings. The van der Waals surface area contributed by atoms with Gasteiger partial charge in [-0.25, -0.2) is 4.79 Å². The van der Waals surface area contributed by atoms with Crippen LogP contribution in [0.5, 0.6) is 5.75 Å². The molecule has 0 fully saturated rings. The molecule has 0 unspecified atom stereocenters. The van der Waals surface area contributed by atoms with Crippen LogP contribution in [0.15, 0.2) is 16.6 Å². The zero-order valence-electron chi connectivity index (χ0n) is 12.6. The van der Waals surface area contributed by atoms with Gasteiger partial charge in [-0.1, -0.05) is 15.9 Å². The van der Waals surface area contributed by atoms with E-state index in [1.807, 2.05) is 19.1 Å². The summed E-state index contributed by atoms with van der Waals surface area (Å²) in [6.07, 6.45) is 0.904. The van der Waals surface area contributed by atoms with Crippen LogP contribution in [0.2, 0.25) is 0 Å². The van der Waals surface area contributed by atoms with Crippen molar-refractivity contribution in [3.63, 3.8) is 0 Å². The van der Waals surface area contributed by atoms with Crippen molar-refractivity contribution in [3.8, 4) is 5.75 Å². The maximum Gasteiger partial charge on any atom is 0.332 e. The molecular weight excluding hydrogens is 418 g/mol. The number of hydrogen-bond acceptors (Lipinski definition) is 4. The Morgan fingerprint density at radius 1 is 1.41 bits per heavy atom. The number of amides is 1. The lowest BCUT2D eigenvalue weighted by Gasteiger charge is -2.28. The zero-order chi connectivity index (χ0) is 16.5. The number of methoxy groups -OCH3 is 2. The fraction of sp³-hybridized carbons (Fsp3) is 0.467. The number of anilines is 1. The number of carbonyl (C=O) groups is 2. The minimum atomic E-state index is -1.35. The number of rotatable bonds is 3. The standard InChI is InChI=1S/C15H17Br2NO4/c1-4-18-11-8-12(21-2)10(16)7-9(11)5-6-15(17,13(18)19)14(20)22-3/h7-8H,4-6H2,1-3H3/t15-/m0/s1. The molecule has 0 saturated heterocycles. The highest BCUT2D eigenvalue weighted by molar-refractivity contribution is 9.10. The number of hydrogen-bond donors (Lipinski definition) is 0. The molecule has 5 nitrogen and oxygen atoms in total. The van der Waals surface area contributed by atoms with E-state index in [0.717, 1.165) is 15.7 Å². The SMILES string of the molecule is CCN1C(=O)[C@](Br)(C(=O)OC)CCc2cc(Br)c(OC)cc21. The largest absolute Gasteiger partial charge is 0.495 e. The van der Waals surface area contributed by atoms with E-state index in [1.54, 1.807) is 12.0 Å². The van der Waals surface area contributed by atoms with Crippen molar-refractivity contribution in [2.24, 2.45) is 0 Å². The Balaban J connectivity index is 2.57. The molecule has 0 N–H and O–H groups in total. The summed E-state index contributed by atoms with van der Waals surface area (Å²) in [5, 5.41) is 0. The second-order valence-corrected chi connectivity index (χ2v) is 7.17. The first-order valence-electron chi connectivity index (χ1n) is 6.84. The van der Waals surface area contributed by atoms with Gasteiger partial charge in [0.15, 0.2) is 0 Å². The summed E-state index contributed by atoms with van der Waals surface area (Å²) in [7, 11) is 2.86. The molecule has 120 valence electrons. The number of halogens is 2. The fourth-order valence-corrected chi connectivity index (χ4v) is 3.72.